The van der Waals surface area contributed by atoms with Gasteiger partial charge in [-0.05, 0) is 243 Å². The van der Waals surface area contributed by atoms with E-state index >= 15 is 0 Å². The minimum absolute atomic E-state index is 0. The van der Waals surface area contributed by atoms with E-state index in [1.807, 2.05) is 144 Å². The lowest BCUT2D eigenvalue weighted by atomic mass is 9.97. The predicted molar refractivity (Wildman–Crippen MR) is 522 cm³/mol. The molecule has 135 heavy (non-hydrogen) atoms. The van der Waals surface area contributed by atoms with Gasteiger partial charge in [-0.15, -0.1) is 0 Å². The summed E-state index contributed by atoms with van der Waals surface area (Å²) in [7, 11) is 3.14. The van der Waals surface area contributed by atoms with E-state index < -0.39 is 96.1 Å². The standard InChI is InChI=1S/C13H19NO2.2C12H17NO3.C12H17NO2.C11H15NO4.C11H15NO3.C10H14N2O2.C9H12N2O2.C8H12N2.CO2.H2S/c1-3-10-6-5-9(7-11(10)4-2)8-12(14)13(15)16;1-3-8-4-5-11(16-2)9(6-8)7-10(13)12(14)15;1-3-8-4-5-9(11(6-8)16-2)7-10(13)12(14)15;1-3-9-6-8(2)4-5-10(9)7-11(13)12(14)15;1-5-3-7(4-8(12)11(15)16)6(2)10(14)9(5)13;1-2-15-10-6-4-3-5-8(10)7-9(12)11(13)14;1-2-7-3-4-8(12-6-7)5-9(11)10(13)14;1-6-2-3-7(11-5-6)4-8(10)9(12)13;1-7-6-10-5-3-8(7)2-4-9;2-1-3;/h5-7,12H,3-4,8,14H2,1-2H3,(H,15,16);2*4-6,10H,3,7,13H2,1-2H3,(H,14,15);4-6,11H,3,7,13H2,1-2H3,(H,14,15);3,8,13-14H,4,12H2,1-2H3,(H,15,16);3-6,9H,2,7,12H2,1H3,(H,13,14);3-4,6,9H,2,5,11H2,1H3,(H,13,14);2-3,5,8H,4,10H2,1H3,(H,12,13);3,5-6H,2,4,9H2,1H3;;1H2/t;;;;8-;;;;;;/m....0....../s1. The quantitative estimate of drug-likeness (QED) is 0.0163. The van der Waals surface area contributed by atoms with Gasteiger partial charge in [0.2, 0.25) is 0 Å². The number of nitrogens with two attached hydrogens (primary N) is 9. The summed E-state index contributed by atoms with van der Waals surface area (Å²) in [6.45, 7) is 24.8. The van der Waals surface area contributed by atoms with E-state index in [0.717, 1.165) is 101 Å². The summed E-state index contributed by atoms with van der Waals surface area (Å²) >= 11 is 0. The van der Waals surface area contributed by atoms with Gasteiger partial charge in [0.15, 0.2) is 11.5 Å². The molecule has 3 aromatic heterocycles. The van der Waals surface area contributed by atoms with Gasteiger partial charge in [-0.3, -0.25) is 53.3 Å². The van der Waals surface area contributed by atoms with Gasteiger partial charge in [0.05, 0.1) is 20.8 Å². The van der Waals surface area contributed by atoms with E-state index in [4.69, 9.17) is 116 Å². The van der Waals surface area contributed by atoms with E-state index in [1.54, 1.807) is 58.8 Å². The Labute approximate surface area is 796 Å². The number of para-hydroxylation sites is 1. The second-order valence-electron chi connectivity index (χ2n) is 30.6. The Morgan fingerprint density at radius 2 is 0.733 bits per heavy atom. The Morgan fingerprint density at radius 3 is 1.17 bits per heavy atom. The molecule has 8 atom stereocenters. The summed E-state index contributed by atoms with van der Waals surface area (Å²) in [4.78, 5) is 113. The number of carbonyl (C=O) groups excluding carboxylic acids is 2. The van der Waals surface area contributed by atoms with Crippen molar-refractivity contribution in [1.29, 1.82) is 0 Å². The topological polar surface area (TPSA) is 674 Å². The lowest BCUT2D eigenvalue weighted by Gasteiger charge is -2.13. The second kappa shape index (κ2) is 68.0. The first-order valence-corrected chi connectivity index (χ1v) is 43.3. The first-order chi connectivity index (χ1) is 63.2. The van der Waals surface area contributed by atoms with Crippen LogP contribution in [0.2, 0.25) is 0 Å². The lowest BCUT2D eigenvalue weighted by molar-refractivity contribution is -0.192. The maximum atomic E-state index is 10.7. The molecule has 3 heterocycles. The van der Waals surface area contributed by atoms with Crippen molar-refractivity contribution in [3.63, 3.8) is 0 Å². The van der Waals surface area contributed by atoms with Crippen LogP contribution in [0.3, 0.4) is 0 Å². The number of carboxylic acids is 8. The first kappa shape index (κ1) is 124. The van der Waals surface area contributed by atoms with Crippen molar-refractivity contribution < 1.29 is 113 Å². The number of aromatic hydroxyl groups is 2. The number of aromatic nitrogens is 3. The number of pyridine rings is 3. The van der Waals surface area contributed by atoms with Crippen LogP contribution in [0.5, 0.6) is 28.7 Å². The van der Waals surface area contributed by atoms with Crippen LogP contribution in [0, 0.1) is 34.6 Å². The fourth-order valence-electron chi connectivity index (χ4n) is 12.2. The molecule has 35 nitrogen and oxygen atoms in total. The fourth-order valence-corrected chi connectivity index (χ4v) is 12.2. The number of rotatable bonds is 36. The number of phenolic OH excluding ortho intramolecular Hbond substituents is 2. The Hall–Kier alpha value is -13.1. The molecular weight excluding hydrogens is 1760 g/mol. The molecule has 0 aliphatic carbocycles. The molecule has 36 heteroatoms. The predicted octanol–water partition coefficient (Wildman–Crippen LogP) is 8.77. The average molecular weight is 1900 g/mol. The summed E-state index contributed by atoms with van der Waals surface area (Å²) in [6, 6.07) is 35.1. The molecule has 0 spiro atoms. The number of ether oxygens (including phenoxy) is 3. The van der Waals surface area contributed by atoms with Gasteiger partial charge in [-0.2, -0.15) is 23.1 Å². The zero-order chi connectivity index (χ0) is 102. The molecule has 0 aliphatic heterocycles. The van der Waals surface area contributed by atoms with Crippen LogP contribution in [0.4, 0.5) is 0 Å². The van der Waals surface area contributed by atoms with Crippen LogP contribution in [0.25, 0.3) is 0 Å². The number of phenols is 2. The van der Waals surface area contributed by atoms with Gasteiger partial charge in [-0.1, -0.05) is 144 Å². The molecule has 0 fully saturated rings. The molecule has 740 valence electrons. The average Bonchev–Trinajstić information content (AvgIpc) is 0.815. The lowest BCUT2D eigenvalue weighted by Crippen LogP contribution is -2.32. The highest BCUT2D eigenvalue weighted by Gasteiger charge is 2.22. The number of aliphatic carboxylic acids is 8. The highest BCUT2D eigenvalue weighted by Crippen LogP contribution is 2.35. The summed E-state index contributed by atoms with van der Waals surface area (Å²) < 4.78 is 15.8. The van der Waals surface area contributed by atoms with Crippen molar-refractivity contribution in [3.8, 4) is 28.7 Å². The molecule has 9 aromatic rings. The third kappa shape index (κ3) is 48.9. The van der Waals surface area contributed by atoms with Gasteiger partial charge in [0.25, 0.3) is 0 Å². The monoisotopic (exact) mass is 1900 g/mol. The minimum Gasteiger partial charge on any atom is -0.504 e. The van der Waals surface area contributed by atoms with Crippen LogP contribution in [0.15, 0.2) is 158 Å². The number of nitrogens with zero attached hydrogens (tertiary/aromatic N) is 3. The Bertz CT molecular complexity index is 5140. The third-order valence-electron chi connectivity index (χ3n) is 20.3. The van der Waals surface area contributed by atoms with Crippen LogP contribution in [-0.2, 0) is 144 Å². The van der Waals surface area contributed by atoms with Gasteiger partial charge in [0.1, 0.15) is 65.6 Å². The number of carbonyl (C=O) groups is 8. The molecule has 0 radical (unpaired) electrons. The molecular formula is C99H140N12O23S. The van der Waals surface area contributed by atoms with Gasteiger partial charge < -0.3 is 117 Å². The van der Waals surface area contributed by atoms with Crippen molar-refractivity contribution >= 4 is 67.4 Å². The molecule has 7 unspecified atom stereocenters. The van der Waals surface area contributed by atoms with Crippen LogP contribution < -0.4 is 65.8 Å². The summed E-state index contributed by atoms with van der Waals surface area (Å²) in [5, 5.41) is 88.6. The zero-order valence-electron chi connectivity index (χ0n) is 79.5. The molecule has 0 bridgehead atoms. The zero-order valence-corrected chi connectivity index (χ0v) is 80.5. The van der Waals surface area contributed by atoms with Crippen molar-refractivity contribution in [2.24, 2.45) is 51.6 Å². The van der Waals surface area contributed by atoms with Gasteiger partial charge in [0, 0.05) is 68.3 Å². The SMILES string of the molecule is CCOc1ccccc1CC(N)C(=O)O.CCc1cc(C)ccc1CC(N)C(=O)O.CCc1ccc(CC(N)C(=O)O)c(OC)c1.CCc1ccc(CC(N)C(=O)O)cc1CC.CCc1ccc(CC(N)C(=O)O)nc1.CCc1ccc(OC)c(CC(N)C(=O)O)c1.Cc1cc(C[C@H](N)C(=O)O)c(C)c(O)c1O.Cc1ccc(CC(N)C(=O)O)nc1.Cc1cnccc1CCN.O=C=O.S. The Morgan fingerprint density at radius 1 is 0.348 bits per heavy atom. The van der Waals surface area contributed by atoms with Crippen LogP contribution in [0.1, 0.15) is 160 Å². The number of hydrogen-bond donors (Lipinski definition) is 19. The smallest absolute Gasteiger partial charge is 0.373 e. The maximum absolute atomic E-state index is 10.7. The van der Waals surface area contributed by atoms with E-state index in [0.29, 0.717) is 65.6 Å². The van der Waals surface area contributed by atoms with Crippen molar-refractivity contribution in [3.05, 3.63) is 270 Å². The molecule has 6 aromatic carbocycles. The number of hydrogen-bond acceptors (Lipinski definition) is 27. The molecule has 0 saturated heterocycles. The number of benzene rings is 6. The molecule has 0 saturated carbocycles. The minimum atomic E-state index is -1.09. The normalized spacial score (nSPS) is 11.8. The van der Waals surface area contributed by atoms with Gasteiger partial charge >= 0.3 is 53.9 Å². The maximum Gasteiger partial charge on any atom is 0.373 e. The number of aryl methyl sites for hydroxylation is 10. The third-order valence-corrected chi connectivity index (χ3v) is 20.3. The Kier molecular flexibility index (Phi) is 62.4. The van der Waals surface area contributed by atoms with E-state index in [1.165, 1.54) is 33.4 Å². The van der Waals surface area contributed by atoms with E-state index in [-0.39, 0.29) is 69.7 Å². The highest BCUT2D eigenvalue weighted by molar-refractivity contribution is 7.59. The summed E-state index contributed by atoms with van der Waals surface area (Å²) in [5.41, 5.74) is 68.6. The summed E-state index contributed by atoms with van der Waals surface area (Å²) in [6.07, 6.45) is 16.3. The van der Waals surface area contributed by atoms with Crippen LogP contribution in [-0.4, -0.2) is 196 Å². The first-order valence-electron chi connectivity index (χ1n) is 43.3. The number of methoxy groups -OCH3 is 2. The number of carboxylic acid groups (broad SMARTS) is 8. The summed E-state index contributed by atoms with van der Waals surface area (Å²) in [5.74, 6) is -6.26. The molecule has 0 aliphatic rings. The largest absolute Gasteiger partial charge is 0.504 e. The van der Waals surface area contributed by atoms with E-state index in [2.05, 4.69) is 67.8 Å². The van der Waals surface area contributed by atoms with Crippen molar-refractivity contribution in [1.82, 2.24) is 15.0 Å². The van der Waals surface area contributed by atoms with Crippen molar-refractivity contribution in [2.45, 2.75) is 228 Å². The molecule has 9 rings (SSSR count). The fraction of sp³-hybridized carbons (Fsp3) is 0.394. The van der Waals surface area contributed by atoms with Crippen LogP contribution >= 0.6 is 13.5 Å². The van der Waals surface area contributed by atoms with Crippen molar-refractivity contribution in [2.75, 3.05) is 27.4 Å². The molecule has 28 N–H and O–H groups in total. The highest BCUT2D eigenvalue weighted by atomic mass is 32.1. The molecule has 0 amide bonds. The Balaban J connectivity index is 0. The van der Waals surface area contributed by atoms with E-state index in [9.17, 15) is 48.6 Å². The second-order valence-corrected chi connectivity index (χ2v) is 30.6. The van der Waals surface area contributed by atoms with Gasteiger partial charge in [-0.25, -0.2) is 0 Å².